The minimum atomic E-state index is 0.630. The third kappa shape index (κ3) is 3.05. The van der Waals surface area contributed by atoms with E-state index in [0.29, 0.717) is 11.0 Å². The van der Waals surface area contributed by atoms with Crippen LogP contribution in [-0.2, 0) is 0 Å². The van der Waals surface area contributed by atoms with E-state index in [1.807, 2.05) is 7.05 Å². The first-order valence-electron chi connectivity index (χ1n) is 6.69. The number of nitrogens with zero attached hydrogens (tertiary/aromatic N) is 3. The lowest BCUT2D eigenvalue weighted by Gasteiger charge is -2.33. The number of hydrogen-bond acceptors (Lipinski definition) is 4. The third-order valence-electron chi connectivity index (χ3n) is 3.56. The summed E-state index contributed by atoms with van der Waals surface area (Å²) < 4.78 is 0. The molecule has 1 saturated heterocycles. The predicted molar refractivity (Wildman–Crippen MR) is 76.4 cm³/mol. The average molecular weight is 269 g/mol. The molecule has 0 unspecified atom stereocenters. The van der Waals surface area contributed by atoms with Gasteiger partial charge in [0.1, 0.15) is 5.02 Å². The maximum atomic E-state index is 6.19. The first-order chi connectivity index (χ1) is 8.74. The predicted octanol–water partition coefficient (Wildman–Crippen LogP) is 3.19. The number of halogens is 1. The van der Waals surface area contributed by atoms with E-state index in [-0.39, 0.29) is 0 Å². The maximum absolute atomic E-state index is 6.19. The normalized spacial score (nSPS) is 16.9. The molecule has 1 aromatic heterocycles. The smallest absolute Gasteiger partial charge is 0.224 e. The molecule has 1 N–H and O–H groups in total. The van der Waals surface area contributed by atoms with Crippen LogP contribution in [0.5, 0.6) is 0 Å². The number of aromatic nitrogens is 2. The Labute approximate surface area is 114 Å². The number of hydrogen-bond donors (Lipinski definition) is 1. The molecule has 0 aromatic carbocycles. The van der Waals surface area contributed by atoms with Gasteiger partial charge in [-0.05, 0) is 18.8 Å². The van der Waals surface area contributed by atoms with Gasteiger partial charge in [-0.15, -0.1) is 0 Å². The molecule has 5 heteroatoms. The summed E-state index contributed by atoms with van der Waals surface area (Å²) in [5.74, 6) is 2.37. The molecule has 0 radical (unpaired) electrons. The second-order valence-corrected chi connectivity index (χ2v) is 5.24. The van der Waals surface area contributed by atoms with Gasteiger partial charge in [0.05, 0.1) is 6.20 Å². The Kier molecular flexibility index (Phi) is 4.64. The minimum absolute atomic E-state index is 0.630. The van der Waals surface area contributed by atoms with E-state index in [9.17, 15) is 0 Å². The van der Waals surface area contributed by atoms with Crippen LogP contribution in [0.3, 0.4) is 0 Å². The lowest BCUT2D eigenvalue weighted by atomic mass is 9.92. The van der Waals surface area contributed by atoms with Crippen LogP contribution < -0.4 is 10.2 Å². The monoisotopic (exact) mass is 268 g/mol. The van der Waals surface area contributed by atoms with Gasteiger partial charge >= 0.3 is 0 Å². The zero-order valence-electron chi connectivity index (χ0n) is 11.1. The summed E-state index contributed by atoms with van der Waals surface area (Å²) in [6.45, 7) is 4.35. The highest BCUT2D eigenvalue weighted by molar-refractivity contribution is 6.32. The third-order valence-corrected chi connectivity index (χ3v) is 3.83. The van der Waals surface area contributed by atoms with Gasteiger partial charge in [0.25, 0.3) is 0 Å². The van der Waals surface area contributed by atoms with Crippen LogP contribution in [0.15, 0.2) is 6.20 Å². The van der Waals surface area contributed by atoms with Crippen LogP contribution >= 0.6 is 11.6 Å². The van der Waals surface area contributed by atoms with Gasteiger partial charge in [-0.3, -0.25) is 0 Å². The van der Waals surface area contributed by atoms with Crippen molar-refractivity contribution in [3.63, 3.8) is 0 Å². The molecule has 0 amide bonds. The summed E-state index contributed by atoms with van der Waals surface area (Å²) in [5, 5.41) is 3.60. The fraction of sp³-hybridized carbons (Fsp3) is 0.692. The van der Waals surface area contributed by atoms with Gasteiger partial charge in [0.15, 0.2) is 5.82 Å². The SMILES string of the molecule is CCCC1CCN(c2nc(NC)ncc2Cl)CC1. The lowest BCUT2D eigenvalue weighted by Crippen LogP contribution is -2.34. The van der Waals surface area contributed by atoms with Crippen LogP contribution in [0.1, 0.15) is 32.6 Å². The highest BCUT2D eigenvalue weighted by atomic mass is 35.5. The summed E-state index contributed by atoms with van der Waals surface area (Å²) in [4.78, 5) is 10.8. The molecule has 1 fully saturated rings. The summed E-state index contributed by atoms with van der Waals surface area (Å²) in [7, 11) is 1.82. The molecule has 0 atom stereocenters. The van der Waals surface area contributed by atoms with Crippen molar-refractivity contribution in [2.45, 2.75) is 32.6 Å². The zero-order valence-corrected chi connectivity index (χ0v) is 11.9. The molecule has 0 aliphatic carbocycles. The second-order valence-electron chi connectivity index (χ2n) is 4.83. The van der Waals surface area contributed by atoms with E-state index >= 15 is 0 Å². The Morgan fingerprint density at radius 1 is 1.44 bits per heavy atom. The topological polar surface area (TPSA) is 41.1 Å². The van der Waals surface area contributed by atoms with Crippen molar-refractivity contribution in [1.29, 1.82) is 0 Å². The molecule has 0 bridgehead atoms. The quantitative estimate of drug-likeness (QED) is 0.911. The van der Waals surface area contributed by atoms with Gasteiger partial charge in [-0.1, -0.05) is 31.4 Å². The zero-order chi connectivity index (χ0) is 13.0. The minimum Gasteiger partial charge on any atom is -0.357 e. The average Bonchev–Trinajstić information content (AvgIpc) is 2.41. The number of piperidine rings is 1. The number of rotatable bonds is 4. The van der Waals surface area contributed by atoms with Crippen LogP contribution in [-0.4, -0.2) is 30.1 Å². The van der Waals surface area contributed by atoms with Crippen LogP contribution in [0.2, 0.25) is 5.02 Å². The van der Waals surface area contributed by atoms with E-state index in [0.717, 1.165) is 24.8 Å². The van der Waals surface area contributed by atoms with Crippen LogP contribution in [0.25, 0.3) is 0 Å². The first kappa shape index (κ1) is 13.4. The fourth-order valence-corrected chi connectivity index (χ4v) is 2.75. The highest BCUT2D eigenvalue weighted by Gasteiger charge is 2.21. The highest BCUT2D eigenvalue weighted by Crippen LogP contribution is 2.29. The Morgan fingerprint density at radius 3 is 2.78 bits per heavy atom. The Hall–Kier alpha value is -1.03. The Balaban J connectivity index is 2.04. The summed E-state index contributed by atoms with van der Waals surface area (Å²) >= 11 is 6.19. The van der Waals surface area contributed by atoms with Crippen molar-refractivity contribution >= 4 is 23.4 Å². The molecular weight excluding hydrogens is 248 g/mol. The van der Waals surface area contributed by atoms with Gasteiger partial charge in [0.2, 0.25) is 5.95 Å². The van der Waals surface area contributed by atoms with Crippen molar-refractivity contribution < 1.29 is 0 Å². The van der Waals surface area contributed by atoms with Gasteiger partial charge in [0, 0.05) is 20.1 Å². The molecule has 1 aliphatic rings. The molecular formula is C13H21ClN4. The molecule has 100 valence electrons. The van der Waals surface area contributed by atoms with E-state index in [2.05, 4.69) is 27.1 Å². The van der Waals surface area contributed by atoms with Crippen molar-refractivity contribution in [3.05, 3.63) is 11.2 Å². The van der Waals surface area contributed by atoms with Crippen LogP contribution in [0, 0.1) is 5.92 Å². The molecule has 2 rings (SSSR count). The maximum Gasteiger partial charge on any atom is 0.224 e. The van der Waals surface area contributed by atoms with E-state index in [1.54, 1.807) is 6.20 Å². The second kappa shape index (κ2) is 6.23. The molecule has 18 heavy (non-hydrogen) atoms. The van der Waals surface area contributed by atoms with Gasteiger partial charge in [-0.25, -0.2) is 4.98 Å². The van der Waals surface area contributed by atoms with Crippen molar-refractivity contribution in [1.82, 2.24) is 9.97 Å². The molecule has 2 heterocycles. The Bertz CT molecular complexity index is 389. The van der Waals surface area contributed by atoms with Crippen molar-refractivity contribution in [2.24, 2.45) is 5.92 Å². The largest absolute Gasteiger partial charge is 0.357 e. The van der Waals surface area contributed by atoms with E-state index in [4.69, 9.17) is 11.6 Å². The number of anilines is 2. The number of nitrogens with one attached hydrogen (secondary N) is 1. The molecule has 4 nitrogen and oxygen atoms in total. The molecule has 0 saturated carbocycles. The van der Waals surface area contributed by atoms with Crippen molar-refractivity contribution in [2.75, 3.05) is 30.4 Å². The fourth-order valence-electron chi connectivity index (χ4n) is 2.54. The van der Waals surface area contributed by atoms with E-state index < -0.39 is 0 Å². The summed E-state index contributed by atoms with van der Waals surface area (Å²) in [6.07, 6.45) is 6.77. The molecule has 0 spiro atoms. The summed E-state index contributed by atoms with van der Waals surface area (Å²) in [6, 6.07) is 0. The first-order valence-corrected chi connectivity index (χ1v) is 7.07. The van der Waals surface area contributed by atoms with Gasteiger partial charge < -0.3 is 10.2 Å². The van der Waals surface area contributed by atoms with Crippen LogP contribution in [0.4, 0.5) is 11.8 Å². The molecule has 1 aromatic rings. The molecule has 1 aliphatic heterocycles. The standard InChI is InChI=1S/C13H21ClN4/c1-3-4-10-5-7-18(8-6-10)12-11(14)9-16-13(15-2)17-12/h9-10H,3-8H2,1-2H3,(H,15,16,17). The van der Waals surface area contributed by atoms with Gasteiger partial charge in [-0.2, -0.15) is 4.98 Å². The Morgan fingerprint density at radius 2 is 2.17 bits per heavy atom. The summed E-state index contributed by atoms with van der Waals surface area (Å²) in [5.41, 5.74) is 0. The van der Waals surface area contributed by atoms with E-state index in [1.165, 1.54) is 25.7 Å². The lowest BCUT2D eigenvalue weighted by molar-refractivity contribution is 0.377. The van der Waals surface area contributed by atoms with Crippen molar-refractivity contribution in [3.8, 4) is 0 Å².